The topological polar surface area (TPSA) is 49.3 Å². The van der Waals surface area contributed by atoms with Crippen LogP contribution in [0.15, 0.2) is 18.2 Å². The maximum absolute atomic E-state index is 13.3. The molecule has 5 heteroatoms. The lowest BCUT2D eigenvalue weighted by Gasteiger charge is -2.18. The molecule has 1 rings (SSSR count). The van der Waals surface area contributed by atoms with E-state index in [-0.39, 0.29) is 18.0 Å². The van der Waals surface area contributed by atoms with Crippen LogP contribution in [-0.4, -0.2) is 17.1 Å². The quantitative estimate of drug-likeness (QED) is 0.833. The summed E-state index contributed by atoms with van der Waals surface area (Å²) in [7, 11) is 0. The second-order valence-corrected chi connectivity index (χ2v) is 4.18. The zero-order valence-corrected chi connectivity index (χ0v) is 9.71. The van der Waals surface area contributed by atoms with Crippen molar-refractivity contribution in [2.24, 2.45) is 5.92 Å². The van der Waals surface area contributed by atoms with Crippen LogP contribution in [0.4, 0.5) is 8.78 Å². The fraction of sp³-hybridized carbons (Fsp3) is 0.417. The molecule has 2 N–H and O–H groups in total. The molecule has 0 aliphatic heterocycles. The largest absolute Gasteiger partial charge is 0.480 e. The van der Waals surface area contributed by atoms with Gasteiger partial charge in [0.05, 0.1) is 0 Å². The van der Waals surface area contributed by atoms with Gasteiger partial charge in [-0.05, 0) is 24.1 Å². The van der Waals surface area contributed by atoms with Crippen molar-refractivity contribution in [2.75, 3.05) is 0 Å². The monoisotopic (exact) mass is 243 g/mol. The Hall–Kier alpha value is -1.49. The third-order valence-electron chi connectivity index (χ3n) is 2.45. The predicted octanol–water partition coefficient (Wildman–Crippen LogP) is 2.16. The lowest BCUT2D eigenvalue weighted by Crippen LogP contribution is -2.40. The number of carbonyl (C=O) groups is 1. The van der Waals surface area contributed by atoms with Gasteiger partial charge in [0.1, 0.15) is 17.7 Å². The number of hydrogen-bond donors (Lipinski definition) is 2. The van der Waals surface area contributed by atoms with Crippen LogP contribution in [0.25, 0.3) is 0 Å². The SMILES string of the molecule is CC(C)[C@H](NCc1cc(F)ccc1F)C(=O)O. The van der Waals surface area contributed by atoms with Gasteiger partial charge in [0.25, 0.3) is 0 Å². The average Bonchev–Trinajstić information content (AvgIpc) is 2.22. The lowest BCUT2D eigenvalue weighted by molar-refractivity contribution is -0.140. The highest BCUT2D eigenvalue weighted by Gasteiger charge is 2.20. The summed E-state index contributed by atoms with van der Waals surface area (Å²) >= 11 is 0. The summed E-state index contributed by atoms with van der Waals surface area (Å²) in [5.74, 6) is -2.23. The number of benzene rings is 1. The normalized spacial score (nSPS) is 12.8. The molecule has 0 aliphatic carbocycles. The van der Waals surface area contributed by atoms with Crippen LogP contribution >= 0.6 is 0 Å². The highest BCUT2D eigenvalue weighted by molar-refractivity contribution is 5.73. The second kappa shape index (κ2) is 5.72. The summed E-state index contributed by atoms with van der Waals surface area (Å²) in [5.41, 5.74) is 0.122. The molecule has 17 heavy (non-hydrogen) atoms. The molecule has 0 bridgehead atoms. The van der Waals surface area contributed by atoms with Gasteiger partial charge in [0.2, 0.25) is 0 Å². The van der Waals surface area contributed by atoms with E-state index in [0.29, 0.717) is 0 Å². The summed E-state index contributed by atoms with van der Waals surface area (Å²) in [6, 6.07) is 2.33. The Balaban J connectivity index is 2.72. The van der Waals surface area contributed by atoms with Gasteiger partial charge in [-0.25, -0.2) is 8.78 Å². The Morgan fingerprint density at radius 2 is 2.06 bits per heavy atom. The summed E-state index contributed by atoms with van der Waals surface area (Å²) in [5, 5.41) is 11.6. The van der Waals surface area contributed by atoms with Gasteiger partial charge in [-0.2, -0.15) is 0 Å². The number of aliphatic carboxylic acids is 1. The number of halogens is 2. The van der Waals surface area contributed by atoms with Crippen LogP contribution in [0.2, 0.25) is 0 Å². The Labute approximate surface area is 98.5 Å². The van der Waals surface area contributed by atoms with Crippen LogP contribution < -0.4 is 5.32 Å². The predicted molar refractivity (Wildman–Crippen MR) is 59.5 cm³/mol. The fourth-order valence-corrected chi connectivity index (χ4v) is 1.51. The highest BCUT2D eigenvalue weighted by atomic mass is 19.1. The molecule has 1 aromatic rings. The number of carboxylic acids is 1. The van der Waals surface area contributed by atoms with Crippen LogP contribution in [0, 0.1) is 17.6 Å². The first-order valence-electron chi connectivity index (χ1n) is 5.32. The number of nitrogens with one attached hydrogen (secondary N) is 1. The van der Waals surface area contributed by atoms with Crippen LogP contribution in [0.1, 0.15) is 19.4 Å². The van der Waals surface area contributed by atoms with E-state index in [4.69, 9.17) is 5.11 Å². The van der Waals surface area contributed by atoms with Crippen molar-refractivity contribution in [1.82, 2.24) is 5.32 Å². The zero-order valence-electron chi connectivity index (χ0n) is 9.71. The lowest BCUT2D eigenvalue weighted by atomic mass is 10.0. The van der Waals surface area contributed by atoms with Crippen molar-refractivity contribution in [3.8, 4) is 0 Å². The molecule has 0 saturated heterocycles. The van der Waals surface area contributed by atoms with Gasteiger partial charge in [-0.15, -0.1) is 0 Å². The maximum atomic E-state index is 13.3. The van der Waals surface area contributed by atoms with Crippen molar-refractivity contribution >= 4 is 5.97 Å². The molecule has 0 aliphatic rings. The van der Waals surface area contributed by atoms with Crippen molar-refractivity contribution in [3.05, 3.63) is 35.4 Å². The molecule has 0 spiro atoms. The van der Waals surface area contributed by atoms with E-state index >= 15 is 0 Å². The van der Waals surface area contributed by atoms with Crippen LogP contribution in [0.5, 0.6) is 0 Å². The molecule has 0 amide bonds. The molecule has 0 aromatic heterocycles. The molecule has 0 heterocycles. The molecule has 0 fully saturated rings. The van der Waals surface area contributed by atoms with Crippen molar-refractivity contribution in [1.29, 1.82) is 0 Å². The first kappa shape index (κ1) is 13.6. The Kier molecular flexibility index (Phi) is 4.57. The number of carboxylic acid groups (broad SMARTS) is 1. The minimum absolute atomic E-state index is 0.0151. The van der Waals surface area contributed by atoms with E-state index in [9.17, 15) is 13.6 Å². The van der Waals surface area contributed by atoms with Gasteiger partial charge in [-0.3, -0.25) is 10.1 Å². The third-order valence-corrected chi connectivity index (χ3v) is 2.45. The summed E-state index contributed by atoms with van der Waals surface area (Å²) in [6.07, 6.45) is 0. The third kappa shape index (κ3) is 3.78. The molecule has 1 aromatic carbocycles. The summed E-state index contributed by atoms with van der Waals surface area (Å²) < 4.78 is 26.1. The molecule has 0 unspecified atom stereocenters. The van der Waals surface area contributed by atoms with Gasteiger partial charge in [0, 0.05) is 12.1 Å². The molecule has 1 atom stereocenters. The Morgan fingerprint density at radius 1 is 1.41 bits per heavy atom. The van der Waals surface area contributed by atoms with Gasteiger partial charge < -0.3 is 5.11 Å². The van der Waals surface area contributed by atoms with E-state index in [1.807, 2.05) is 0 Å². The van der Waals surface area contributed by atoms with Crippen molar-refractivity contribution < 1.29 is 18.7 Å². The zero-order chi connectivity index (χ0) is 13.0. The van der Waals surface area contributed by atoms with Crippen molar-refractivity contribution in [2.45, 2.75) is 26.4 Å². The fourth-order valence-electron chi connectivity index (χ4n) is 1.51. The molecule has 3 nitrogen and oxygen atoms in total. The van der Waals surface area contributed by atoms with Gasteiger partial charge in [-0.1, -0.05) is 13.8 Å². The first-order chi connectivity index (χ1) is 7.91. The Bertz CT molecular complexity index is 407. The number of hydrogen-bond acceptors (Lipinski definition) is 2. The Morgan fingerprint density at radius 3 is 2.59 bits per heavy atom. The number of rotatable bonds is 5. The van der Waals surface area contributed by atoms with E-state index in [0.717, 1.165) is 18.2 Å². The average molecular weight is 243 g/mol. The molecule has 0 saturated carbocycles. The minimum atomic E-state index is -1.00. The van der Waals surface area contributed by atoms with Crippen LogP contribution in [0.3, 0.4) is 0 Å². The van der Waals surface area contributed by atoms with E-state index in [2.05, 4.69) is 5.32 Å². The summed E-state index contributed by atoms with van der Waals surface area (Å²) in [4.78, 5) is 10.9. The first-order valence-corrected chi connectivity index (χ1v) is 5.32. The van der Waals surface area contributed by atoms with E-state index in [1.54, 1.807) is 13.8 Å². The van der Waals surface area contributed by atoms with E-state index in [1.165, 1.54) is 0 Å². The summed E-state index contributed by atoms with van der Waals surface area (Å²) in [6.45, 7) is 3.47. The highest BCUT2D eigenvalue weighted by Crippen LogP contribution is 2.10. The van der Waals surface area contributed by atoms with Gasteiger partial charge in [0.15, 0.2) is 0 Å². The van der Waals surface area contributed by atoms with E-state index < -0.39 is 23.6 Å². The maximum Gasteiger partial charge on any atom is 0.320 e. The molecule has 94 valence electrons. The molecule has 0 radical (unpaired) electrons. The minimum Gasteiger partial charge on any atom is -0.480 e. The van der Waals surface area contributed by atoms with Gasteiger partial charge >= 0.3 is 5.97 Å². The smallest absolute Gasteiger partial charge is 0.320 e. The standard InChI is InChI=1S/C12H15F2NO2/c1-7(2)11(12(16)17)15-6-8-5-9(13)3-4-10(8)14/h3-5,7,11,15H,6H2,1-2H3,(H,16,17)/t11-/m0/s1. The van der Waals surface area contributed by atoms with Crippen LogP contribution in [-0.2, 0) is 11.3 Å². The van der Waals surface area contributed by atoms with Crippen molar-refractivity contribution in [3.63, 3.8) is 0 Å². The molecular formula is C12H15F2NO2. The second-order valence-electron chi connectivity index (χ2n) is 4.18. The molecular weight excluding hydrogens is 228 g/mol.